The highest BCUT2D eigenvalue weighted by Crippen LogP contribution is 2.10. The predicted octanol–water partition coefficient (Wildman–Crippen LogP) is 2.21. The van der Waals surface area contributed by atoms with E-state index >= 15 is 0 Å². The molecule has 0 aliphatic rings. The lowest BCUT2D eigenvalue weighted by Crippen LogP contribution is -2.36. The molecule has 0 saturated heterocycles. The third kappa shape index (κ3) is 6.42. The van der Waals surface area contributed by atoms with E-state index in [9.17, 15) is 9.59 Å². The van der Waals surface area contributed by atoms with Gasteiger partial charge in [-0.2, -0.15) is 0 Å². The van der Waals surface area contributed by atoms with E-state index in [2.05, 4.69) is 20.9 Å². The van der Waals surface area contributed by atoms with Crippen LogP contribution in [-0.2, 0) is 17.9 Å². The largest absolute Gasteiger partial charge is 0.352 e. The van der Waals surface area contributed by atoms with E-state index < -0.39 is 0 Å². The molecule has 7 heteroatoms. The number of carbonyl (C=O) groups is 2. The Kier molecular flexibility index (Phi) is 7.56. The molecule has 3 N–H and O–H groups in total. The minimum atomic E-state index is -0.0964. The van der Waals surface area contributed by atoms with Gasteiger partial charge in [-0.25, -0.2) is 0 Å². The first-order valence-electron chi connectivity index (χ1n) is 9.00. The fourth-order valence-corrected chi connectivity index (χ4v) is 2.58. The van der Waals surface area contributed by atoms with Gasteiger partial charge >= 0.3 is 0 Å². The van der Waals surface area contributed by atoms with Gasteiger partial charge in [-0.05, 0) is 35.4 Å². The molecule has 2 amide bonds. The molecule has 2 aromatic carbocycles. The second-order valence-corrected chi connectivity index (χ2v) is 6.56. The normalized spacial score (nSPS) is 10.9. The molecule has 2 aromatic rings. The fraction of sp³-hybridized carbons (Fsp3) is 0.286. The van der Waals surface area contributed by atoms with Gasteiger partial charge in [-0.15, -0.1) is 0 Å². The van der Waals surface area contributed by atoms with Crippen molar-refractivity contribution in [3.05, 3.63) is 65.2 Å². The molecular formula is C21H27N5O2. The third-order valence-electron chi connectivity index (χ3n) is 4.00. The van der Waals surface area contributed by atoms with Crippen molar-refractivity contribution in [3.8, 4) is 0 Å². The van der Waals surface area contributed by atoms with Crippen molar-refractivity contribution in [1.29, 1.82) is 0 Å². The average Bonchev–Trinajstić information content (AvgIpc) is 2.67. The van der Waals surface area contributed by atoms with Crippen LogP contribution in [-0.4, -0.2) is 43.8 Å². The summed E-state index contributed by atoms with van der Waals surface area (Å²) in [5.41, 5.74) is 3.50. The van der Waals surface area contributed by atoms with E-state index in [4.69, 9.17) is 0 Å². The monoisotopic (exact) mass is 381 g/mol. The molecule has 0 aliphatic heterocycles. The zero-order chi connectivity index (χ0) is 20.5. The quantitative estimate of drug-likeness (QED) is 0.529. The molecule has 28 heavy (non-hydrogen) atoms. The van der Waals surface area contributed by atoms with Crippen LogP contribution in [0.5, 0.6) is 0 Å². The topological polar surface area (TPSA) is 85.8 Å². The predicted molar refractivity (Wildman–Crippen MR) is 112 cm³/mol. The lowest BCUT2D eigenvalue weighted by atomic mass is 10.1. The van der Waals surface area contributed by atoms with Gasteiger partial charge in [0.05, 0.1) is 0 Å². The van der Waals surface area contributed by atoms with Crippen LogP contribution >= 0.6 is 0 Å². The zero-order valence-electron chi connectivity index (χ0n) is 16.7. The van der Waals surface area contributed by atoms with Crippen LogP contribution in [0.4, 0.5) is 5.69 Å². The summed E-state index contributed by atoms with van der Waals surface area (Å²) in [7, 11) is 5.18. The van der Waals surface area contributed by atoms with Gasteiger partial charge in [0.2, 0.25) is 5.91 Å². The third-order valence-corrected chi connectivity index (χ3v) is 4.00. The highest BCUT2D eigenvalue weighted by Gasteiger charge is 2.07. The molecular weight excluding hydrogens is 354 g/mol. The fourth-order valence-electron chi connectivity index (χ4n) is 2.58. The van der Waals surface area contributed by atoms with Gasteiger partial charge in [0.1, 0.15) is 0 Å². The number of aliphatic imine (C=N–C) groups is 1. The second kappa shape index (κ2) is 10.1. The number of hydrogen-bond donors (Lipinski definition) is 3. The number of nitrogens with one attached hydrogen (secondary N) is 3. The maximum absolute atomic E-state index is 11.9. The van der Waals surface area contributed by atoms with Crippen molar-refractivity contribution < 1.29 is 9.59 Å². The standard InChI is InChI=1S/C21H27N5O2/c1-15(27)25-19-7-5-6-17(12-19)14-24-21(22-2)23-13-16-8-10-18(11-9-16)20(28)26(3)4/h5-12H,13-14H2,1-4H3,(H,25,27)(H2,22,23,24). The number of nitrogens with zero attached hydrogens (tertiary/aromatic N) is 2. The molecule has 0 saturated carbocycles. The van der Waals surface area contributed by atoms with Crippen molar-refractivity contribution in [2.24, 2.45) is 4.99 Å². The summed E-state index contributed by atoms with van der Waals surface area (Å²) in [6.07, 6.45) is 0. The molecule has 0 radical (unpaired) electrons. The van der Waals surface area contributed by atoms with Crippen LogP contribution in [0, 0.1) is 0 Å². The van der Waals surface area contributed by atoms with Crippen molar-refractivity contribution in [3.63, 3.8) is 0 Å². The summed E-state index contributed by atoms with van der Waals surface area (Å²) in [4.78, 5) is 28.9. The highest BCUT2D eigenvalue weighted by molar-refractivity contribution is 5.93. The van der Waals surface area contributed by atoms with Crippen molar-refractivity contribution >= 4 is 23.5 Å². The van der Waals surface area contributed by atoms with Gasteiger partial charge in [0.25, 0.3) is 5.91 Å². The number of guanidine groups is 1. The summed E-state index contributed by atoms with van der Waals surface area (Å²) >= 11 is 0. The molecule has 0 unspecified atom stereocenters. The Bertz CT molecular complexity index is 844. The Morgan fingerprint density at radius 2 is 1.61 bits per heavy atom. The number of hydrogen-bond acceptors (Lipinski definition) is 3. The maximum atomic E-state index is 11.9. The molecule has 0 heterocycles. The Balaban J connectivity index is 1.88. The Labute approximate surface area is 165 Å². The first kappa shape index (κ1) is 21.0. The Morgan fingerprint density at radius 1 is 0.964 bits per heavy atom. The number of benzene rings is 2. The van der Waals surface area contributed by atoms with E-state index in [0.717, 1.165) is 16.8 Å². The lowest BCUT2D eigenvalue weighted by Gasteiger charge is -2.13. The van der Waals surface area contributed by atoms with Gasteiger partial charge in [-0.3, -0.25) is 14.6 Å². The second-order valence-electron chi connectivity index (χ2n) is 6.56. The van der Waals surface area contributed by atoms with Crippen LogP contribution in [0.15, 0.2) is 53.5 Å². The van der Waals surface area contributed by atoms with E-state index in [1.807, 2.05) is 48.5 Å². The summed E-state index contributed by atoms with van der Waals surface area (Å²) < 4.78 is 0. The van der Waals surface area contributed by atoms with E-state index in [-0.39, 0.29) is 11.8 Å². The molecule has 0 atom stereocenters. The average molecular weight is 381 g/mol. The van der Waals surface area contributed by atoms with E-state index in [1.165, 1.54) is 6.92 Å². The summed E-state index contributed by atoms with van der Waals surface area (Å²) in [5, 5.41) is 9.27. The Hall–Kier alpha value is -3.35. The first-order valence-corrected chi connectivity index (χ1v) is 9.00. The smallest absolute Gasteiger partial charge is 0.253 e. The molecule has 0 aliphatic carbocycles. The van der Waals surface area contributed by atoms with E-state index in [0.29, 0.717) is 24.6 Å². The molecule has 7 nitrogen and oxygen atoms in total. The molecule has 0 aromatic heterocycles. The van der Waals surface area contributed by atoms with Gasteiger partial charge in [0, 0.05) is 52.4 Å². The molecule has 0 fully saturated rings. The van der Waals surface area contributed by atoms with Crippen LogP contribution < -0.4 is 16.0 Å². The highest BCUT2D eigenvalue weighted by atomic mass is 16.2. The van der Waals surface area contributed by atoms with Crippen molar-refractivity contribution in [2.45, 2.75) is 20.0 Å². The molecule has 0 spiro atoms. The summed E-state index contributed by atoms with van der Waals surface area (Å²) in [6.45, 7) is 2.64. The number of anilines is 1. The summed E-state index contributed by atoms with van der Waals surface area (Å²) in [6, 6.07) is 15.1. The van der Waals surface area contributed by atoms with Crippen LogP contribution in [0.1, 0.15) is 28.4 Å². The van der Waals surface area contributed by atoms with Crippen molar-refractivity contribution in [2.75, 3.05) is 26.5 Å². The lowest BCUT2D eigenvalue weighted by molar-refractivity contribution is -0.114. The Morgan fingerprint density at radius 3 is 2.18 bits per heavy atom. The number of amides is 2. The van der Waals surface area contributed by atoms with Crippen molar-refractivity contribution in [1.82, 2.24) is 15.5 Å². The number of carbonyl (C=O) groups excluding carboxylic acids is 2. The number of rotatable bonds is 6. The van der Waals surface area contributed by atoms with Gasteiger partial charge < -0.3 is 20.9 Å². The van der Waals surface area contributed by atoms with Gasteiger partial charge in [0.15, 0.2) is 5.96 Å². The molecule has 2 rings (SSSR count). The van der Waals surface area contributed by atoms with Crippen LogP contribution in [0.25, 0.3) is 0 Å². The van der Waals surface area contributed by atoms with Crippen LogP contribution in [0.3, 0.4) is 0 Å². The molecule has 148 valence electrons. The maximum Gasteiger partial charge on any atom is 0.253 e. The zero-order valence-corrected chi connectivity index (χ0v) is 16.7. The summed E-state index contributed by atoms with van der Waals surface area (Å²) in [5.74, 6) is 0.553. The minimum absolute atomic E-state index is 0.0153. The molecule has 0 bridgehead atoms. The van der Waals surface area contributed by atoms with Gasteiger partial charge in [-0.1, -0.05) is 24.3 Å². The van der Waals surface area contributed by atoms with Crippen LogP contribution in [0.2, 0.25) is 0 Å². The minimum Gasteiger partial charge on any atom is -0.352 e. The SMILES string of the molecule is CN=C(NCc1ccc(C(=O)N(C)C)cc1)NCc1cccc(NC(C)=O)c1. The first-order chi connectivity index (χ1) is 13.4. The van der Waals surface area contributed by atoms with E-state index in [1.54, 1.807) is 26.0 Å².